The number of ketones is 1. The Bertz CT molecular complexity index is 1450. The first-order valence-corrected chi connectivity index (χ1v) is 12.7. The Balaban J connectivity index is 1.42. The Hall–Kier alpha value is -3.33. The number of halogens is 5. The molecule has 0 spiro atoms. The van der Waals surface area contributed by atoms with Gasteiger partial charge >= 0.3 is 6.18 Å². The number of benzene rings is 3. The van der Waals surface area contributed by atoms with Crippen LogP contribution in [0.3, 0.4) is 0 Å². The number of carbonyl (C=O) groups excluding carboxylic acids is 1. The lowest BCUT2D eigenvalue weighted by Gasteiger charge is -2.35. The maximum atomic E-state index is 13.5. The lowest BCUT2D eigenvalue weighted by atomic mass is 10.0. The minimum atomic E-state index is -4.50. The molecule has 0 saturated carbocycles. The molecule has 1 aromatic heterocycles. The van der Waals surface area contributed by atoms with Crippen molar-refractivity contribution in [1.82, 2.24) is 14.7 Å². The third kappa shape index (κ3) is 5.72. The molecule has 5 nitrogen and oxygen atoms in total. The normalized spacial score (nSPS) is 14.6. The van der Waals surface area contributed by atoms with Gasteiger partial charge in [-0.15, -0.1) is 0 Å². The second kappa shape index (κ2) is 10.8. The maximum Gasteiger partial charge on any atom is 0.416 e. The van der Waals surface area contributed by atoms with Gasteiger partial charge in [0.2, 0.25) is 0 Å². The summed E-state index contributed by atoms with van der Waals surface area (Å²) in [6, 6.07) is 19.8. The standard InChI is InChI=1S/C28H23Cl2F3N4O/c29-24-10-9-19(15-25(24)30)27-23(17-37(34-27)22-8-4-5-20(16-22)28(31,32)33)26(38)18-35-11-13-36(14-12-35)21-6-2-1-3-7-21/h1-10,15-17H,11-14,18H2. The summed E-state index contributed by atoms with van der Waals surface area (Å²) >= 11 is 12.3. The van der Waals surface area contributed by atoms with Crippen LogP contribution < -0.4 is 4.90 Å². The van der Waals surface area contributed by atoms with Crippen molar-refractivity contribution in [1.29, 1.82) is 0 Å². The third-order valence-corrected chi connectivity index (χ3v) is 7.25. The molecule has 0 unspecified atom stereocenters. The summed E-state index contributed by atoms with van der Waals surface area (Å²) in [4.78, 5) is 17.9. The molecule has 10 heteroatoms. The Morgan fingerprint density at radius 1 is 0.842 bits per heavy atom. The molecule has 0 bridgehead atoms. The van der Waals surface area contributed by atoms with Gasteiger partial charge in [-0.25, -0.2) is 4.68 Å². The zero-order chi connectivity index (χ0) is 26.9. The summed E-state index contributed by atoms with van der Waals surface area (Å²) in [7, 11) is 0. The van der Waals surface area contributed by atoms with E-state index in [0.717, 1.165) is 30.9 Å². The number of alkyl halides is 3. The van der Waals surface area contributed by atoms with E-state index in [1.807, 2.05) is 18.2 Å². The predicted octanol–water partition coefficient (Wildman–Crippen LogP) is 6.87. The number of aromatic nitrogens is 2. The third-order valence-electron chi connectivity index (χ3n) is 6.51. The number of para-hydroxylation sites is 1. The molecule has 1 aliphatic heterocycles. The van der Waals surface area contributed by atoms with Crippen molar-refractivity contribution in [3.05, 3.63) is 100 Å². The van der Waals surface area contributed by atoms with E-state index in [1.54, 1.807) is 18.2 Å². The van der Waals surface area contributed by atoms with Gasteiger partial charge in [0.15, 0.2) is 5.78 Å². The van der Waals surface area contributed by atoms with Gasteiger partial charge in [0, 0.05) is 43.6 Å². The van der Waals surface area contributed by atoms with Crippen molar-refractivity contribution >= 4 is 34.7 Å². The quantitative estimate of drug-likeness (QED) is 0.242. The van der Waals surface area contributed by atoms with Crippen LogP contribution in [-0.2, 0) is 6.18 Å². The zero-order valence-electron chi connectivity index (χ0n) is 20.1. The highest BCUT2D eigenvalue weighted by atomic mass is 35.5. The van der Waals surface area contributed by atoms with Gasteiger partial charge in [-0.3, -0.25) is 9.69 Å². The second-order valence-electron chi connectivity index (χ2n) is 9.03. The fourth-order valence-electron chi connectivity index (χ4n) is 4.48. The highest BCUT2D eigenvalue weighted by molar-refractivity contribution is 6.42. The Kier molecular flexibility index (Phi) is 7.47. The molecule has 0 atom stereocenters. The molecular formula is C28H23Cl2F3N4O. The molecular weight excluding hydrogens is 536 g/mol. The van der Waals surface area contributed by atoms with Gasteiger partial charge in [-0.1, -0.05) is 53.5 Å². The van der Waals surface area contributed by atoms with Crippen molar-refractivity contribution < 1.29 is 18.0 Å². The van der Waals surface area contributed by atoms with Crippen LogP contribution in [-0.4, -0.2) is 53.2 Å². The number of nitrogens with zero attached hydrogens (tertiary/aromatic N) is 4. The minimum Gasteiger partial charge on any atom is -0.369 e. The lowest BCUT2D eigenvalue weighted by Crippen LogP contribution is -2.48. The fourth-order valence-corrected chi connectivity index (χ4v) is 4.78. The Morgan fingerprint density at radius 2 is 1.55 bits per heavy atom. The number of rotatable bonds is 6. The van der Waals surface area contributed by atoms with Gasteiger partial charge in [0.25, 0.3) is 0 Å². The van der Waals surface area contributed by atoms with Crippen LogP contribution in [0.5, 0.6) is 0 Å². The van der Waals surface area contributed by atoms with Crippen molar-refractivity contribution in [2.45, 2.75) is 6.18 Å². The van der Waals surface area contributed by atoms with Crippen molar-refractivity contribution in [3.63, 3.8) is 0 Å². The van der Waals surface area contributed by atoms with E-state index < -0.39 is 11.7 Å². The number of hydrogen-bond donors (Lipinski definition) is 0. The molecule has 38 heavy (non-hydrogen) atoms. The average Bonchev–Trinajstić information content (AvgIpc) is 3.37. The molecule has 0 radical (unpaired) electrons. The first kappa shape index (κ1) is 26.3. The van der Waals surface area contributed by atoms with Crippen molar-refractivity contribution in [3.8, 4) is 16.9 Å². The van der Waals surface area contributed by atoms with Crippen LogP contribution in [0.4, 0.5) is 18.9 Å². The molecule has 5 rings (SSSR count). The summed E-state index contributed by atoms with van der Waals surface area (Å²) in [6.45, 7) is 3.11. The molecule has 0 amide bonds. The van der Waals surface area contributed by atoms with Gasteiger partial charge in [-0.05, 0) is 42.5 Å². The highest BCUT2D eigenvalue weighted by Crippen LogP contribution is 2.33. The van der Waals surface area contributed by atoms with Crippen LogP contribution >= 0.6 is 23.2 Å². The minimum absolute atomic E-state index is 0.158. The zero-order valence-corrected chi connectivity index (χ0v) is 21.6. The highest BCUT2D eigenvalue weighted by Gasteiger charge is 2.31. The van der Waals surface area contributed by atoms with E-state index in [-0.39, 0.29) is 23.0 Å². The van der Waals surface area contributed by atoms with Crippen LogP contribution in [0.25, 0.3) is 16.9 Å². The Labute approximate surface area is 228 Å². The molecule has 1 saturated heterocycles. The maximum absolute atomic E-state index is 13.5. The SMILES string of the molecule is O=C(CN1CCN(c2ccccc2)CC1)c1cn(-c2cccc(C(F)(F)F)c2)nc1-c1ccc(Cl)c(Cl)c1. The first-order chi connectivity index (χ1) is 18.2. The van der Waals surface area contributed by atoms with E-state index >= 15 is 0 Å². The van der Waals surface area contributed by atoms with E-state index in [4.69, 9.17) is 23.2 Å². The molecule has 2 heterocycles. The molecule has 1 aliphatic rings. The molecule has 4 aromatic rings. The molecule has 196 valence electrons. The first-order valence-electron chi connectivity index (χ1n) is 12.0. The van der Waals surface area contributed by atoms with Gasteiger partial charge < -0.3 is 4.90 Å². The van der Waals surface area contributed by atoms with E-state index in [9.17, 15) is 18.0 Å². The van der Waals surface area contributed by atoms with E-state index in [2.05, 4.69) is 27.0 Å². The topological polar surface area (TPSA) is 41.4 Å². The second-order valence-corrected chi connectivity index (χ2v) is 9.85. The van der Waals surface area contributed by atoms with E-state index in [1.165, 1.54) is 23.0 Å². The summed E-state index contributed by atoms with van der Waals surface area (Å²) in [5.74, 6) is -0.183. The van der Waals surface area contributed by atoms with Crippen molar-refractivity contribution in [2.24, 2.45) is 0 Å². The average molecular weight is 559 g/mol. The largest absolute Gasteiger partial charge is 0.416 e. The van der Waals surface area contributed by atoms with Gasteiger partial charge in [0.05, 0.1) is 33.4 Å². The van der Waals surface area contributed by atoms with Crippen LogP contribution in [0.2, 0.25) is 10.0 Å². The monoisotopic (exact) mass is 558 g/mol. The van der Waals surface area contributed by atoms with Gasteiger partial charge in [-0.2, -0.15) is 18.3 Å². The van der Waals surface area contributed by atoms with Gasteiger partial charge in [0.1, 0.15) is 5.69 Å². The molecule has 3 aromatic carbocycles. The molecule has 1 fully saturated rings. The van der Waals surface area contributed by atoms with Crippen LogP contribution in [0.15, 0.2) is 79.0 Å². The molecule has 0 aliphatic carbocycles. The lowest BCUT2D eigenvalue weighted by molar-refractivity contribution is -0.137. The summed E-state index contributed by atoms with van der Waals surface area (Å²) in [5, 5.41) is 5.14. The van der Waals surface area contributed by atoms with Crippen LogP contribution in [0.1, 0.15) is 15.9 Å². The summed E-state index contributed by atoms with van der Waals surface area (Å²) in [5.41, 5.74) is 1.70. The number of carbonyl (C=O) groups is 1. The number of anilines is 1. The Morgan fingerprint density at radius 3 is 2.24 bits per heavy atom. The van der Waals surface area contributed by atoms with Crippen molar-refractivity contribution in [2.75, 3.05) is 37.6 Å². The van der Waals surface area contributed by atoms with Crippen LogP contribution in [0, 0.1) is 0 Å². The fraction of sp³-hybridized carbons (Fsp3) is 0.214. The smallest absolute Gasteiger partial charge is 0.369 e. The summed E-state index contributed by atoms with van der Waals surface area (Å²) in [6.07, 6.45) is -3.02. The van der Waals surface area contributed by atoms with E-state index in [0.29, 0.717) is 34.9 Å². The number of hydrogen-bond acceptors (Lipinski definition) is 4. The predicted molar refractivity (Wildman–Crippen MR) is 143 cm³/mol. The number of Topliss-reactive ketones (excluding diaryl/α,β-unsaturated/α-hetero) is 1. The summed E-state index contributed by atoms with van der Waals surface area (Å²) < 4.78 is 41.3. The number of piperazine rings is 1. The molecule has 0 N–H and O–H groups in total.